The zero-order valence-electron chi connectivity index (χ0n) is 14.2. The molecule has 1 aliphatic heterocycles. The molecule has 0 bridgehead atoms. The van der Waals surface area contributed by atoms with Gasteiger partial charge in [-0.05, 0) is 13.3 Å². The van der Waals surface area contributed by atoms with Crippen molar-refractivity contribution in [1.82, 2.24) is 20.7 Å². The molecule has 0 spiro atoms. The fraction of sp³-hybridized carbons (Fsp3) is 0.389. The number of nitrogens with one attached hydrogen (secondary N) is 2. The van der Waals surface area contributed by atoms with Gasteiger partial charge in [0.15, 0.2) is 5.76 Å². The average molecular weight is 342 g/mol. The lowest BCUT2D eigenvalue weighted by atomic mass is 10.1. The highest BCUT2D eigenvalue weighted by molar-refractivity contribution is 5.78. The van der Waals surface area contributed by atoms with Gasteiger partial charge in [0.05, 0.1) is 6.54 Å². The third kappa shape index (κ3) is 4.59. The van der Waals surface area contributed by atoms with Crippen LogP contribution in [-0.4, -0.2) is 41.1 Å². The van der Waals surface area contributed by atoms with Crippen LogP contribution < -0.4 is 10.6 Å². The standard InChI is InChI=1S/C18H22N4O3/c1-13(12-22-9-5-8-17(22)23)20-18(24)19-11-15-10-16(21-25-15)14-6-3-2-4-7-14/h2-4,6-7,10,13H,5,8-9,11-12H2,1H3,(H2,19,20,24). The van der Waals surface area contributed by atoms with E-state index < -0.39 is 0 Å². The van der Waals surface area contributed by atoms with E-state index in [0.717, 1.165) is 24.2 Å². The minimum atomic E-state index is -0.295. The molecule has 0 aliphatic carbocycles. The summed E-state index contributed by atoms with van der Waals surface area (Å²) in [4.78, 5) is 25.4. The van der Waals surface area contributed by atoms with Gasteiger partial charge < -0.3 is 20.1 Å². The van der Waals surface area contributed by atoms with Crippen LogP contribution in [0, 0.1) is 0 Å². The van der Waals surface area contributed by atoms with Gasteiger partial charge in [-0.3, -0.25) is 4.79 Å². The van der Waals surface area contributed by atoms with Gasteiger partial charge in [0, 0.05) is 37.2 Å². The number of carbonyl (C=O) groups is 2. The summed E-state index contributed by atoms with van der Waals surface area (Å²) >= 11 is 0. The van der Waals surface area contributed by atoms with Crippen molar-refractivity contribution in [3.05, 3.63) is 42.2 Å². The Labute approximate surface area is 146 Å². The first-order valence-electron chi connectivity index (χ1n) is 8.45. The lowest BCUT2D eigenvalue weighted by molar-refractivity contribution is -0.127. The van der Waals surface area contributed by atoms with Gasteiger partial charge in [-0.2, -0.15) is 0 Å². The number of hydrogen-bond donors (Lipinski definition) is 2. The molecule has 2 aromatic rings. The van der Waals surface area contributed by atoms with Gasteiger partial charge in [-0.25, -0.2) is 4.79 Å². The van der Waals surface area contributed by atoms with Crippen molar-refractivity contribution in [2.45, 2.75) is 32.4 Å². The summed E-state index contributed by atoms with van der Waals surface area (Å²) in [5, 5.41) is 9.58. The summed E-state index contributed by atoms with van der Waals surface area (Å²) in [6, 6.07) is 11.1. The largest absolute Gasteiger partial charge is 0.359 e. The van der Waals surface area contributed by atoms with E-state index in [1.165, 1.54) is 0 Å². The van der Waals surface area contributed by atoms with Crippen molar-refractivity contribution < 1.29 is 14.1 Å². The summed E-state index contributed by atoms with van der Waals surface area (Å²) in [5.74, 6) is 0.737. The normalized spacial score (nSPS) is 15.2. The number of likely N-dealkylation sites (tertiary alicyclic amines) is 1. The van der Waals surface area contributed by atoms with E-state index >= 15 is 0 Å². The molecule has 0 saturated carbocycles. The molecule has 3 amide bonds. The lowest BCUT2D eigenvalue weighted by Crippen LogP contribution is -2.46. The van der Waals surface area contributed by atoms with Crippen LogP contribution in [-0.2, 0) is 11.3 Å². The summed E-state index contributed by atoms with van der Waals surface area (Å²) < 4.78 is 5.25. The molecule has 1 atom stereocenters. The number of hydrogen-bond acceptors (Lipinski definition) is 4. The third-order valence-corrected chi connectivity index (χ3v) is 4.09. The number of nitrogens with zero attached hydrogens (tertiary/aromatic N) is 2. The zero-order chi connectivity index (χ0) is 17.6. The Hall–Kier alpha value is -2.83. The molecule has 7 heteroatoms. The third-order valence-electron chi connectivity index (χ3n) is 4.09. The molecule has 25 heavy (non-hydrogen) atoms. The van der Waals surface area contributed by atoms with Crippen LogP contribution in [0.1, 0.15) is 25.5 Å². The molecule has 1 fully saturated rings. The molecule has 3 rings (SSSR count). The van der Waals surface area contributed by atoms with Crippen LogP contribution in [0.15, 0.2) is 40.9 Å². The maximum atomic E-state index is 12.0. The molecule has 2 N–H and O–H groups in total. The predicted molar refractivity (Wildman–Crippen MR) is 92.6 cm³/mol. The number of benzene rings is 1. The summed E-state index contributed by atoms with van der Waals surface area (Å²) in [6.45, 7) is 3.44. The number of amides is 3. The minimum absolute atomic E-state index is 0.114. The number of rotatable bonds is 6. The van der Waals surface area contributed by atoms with E-state index in [1.807, 2.05) is 43.3 Å². The molecule has 7 nitrogen and oxygen atoms in total. The highest BCUT2D eigenvalue weighted by atomic mass is 16.5. The molecule has 1 aromatic carbocycles. The van der Waals surface area contributed by atoms with Gasteiger partial charge in [0.1, 0.15) is 5.69 Å². The summed E-state index contributed by atoms with van der Waals surface area (Å²) in [7, 11) is 0. The average Bonchev–Trinajstić information content (AvgIpc) is 3.23. The van der Waals surface area contributed by atoms with Crippen LogP contribution in [0.2, 0.25) is 0 Å². The molecule has 1 aliphatic rings. The van der Waals surface area contributed by atoms with Gasteiger partial charge in [-0.1, -0.05) is 35.5 Å². The van der Waals surface area contributed by atoms with E-state index in [9.17, 15) is 9.59 Å². The van der Waals surface area contributed by atoms with Gasteiger partial charge in [-0.15, -0.1) is 0 Å². The molecular weight excluding hydrogens is 320 g/mol. The molecular formula is C18H22N4O3. The van der Waals surface area contributed by atoms with Gasteiger partial charge >= 0.3 is 6.03 Å². The van der Waals surface area contributed by atoms with E-state index in [1.54, 1.807) is 4.90 Å². The zero-order valence-corrected chi connectivity index (χ0v) is 14.2. The fourth-order valence-electron chi connectivity index (χ4n) is 2.86. The predicted octanol–water partition coefficient (Wildman–Crippen LogP) is 2.15. The Kier molecular flexibility index (Phi) is 5.33. The van der Waals surface area contributed by atoms with Crippen molar-refractivity contribution in [2.75, 3.05) is 13.1 Å². The minimum Gasteiger partial charge on any atom is -0.359 e. The maximum Gasteiger partial charge on any atom is 0.315 e. The monoisotopic (exact) mass is 342 g/mol. The van der Waals surface area contributed by atoms with Crippen LogP contribution >= 0.6 is 0 Å². The Morgan fingerprint density at radius 3 is 2.88 bits per heavy atom. The van der Waals surface area contributed by atoms with Crippen LogP contribution in [0.4, 0.5) is 4.79 Å². The summed E-state index contributed by atoms with van der Waals surface area (Å²) in [5.41, 5.74) is 1.70. The van der Waals surface area contributed by atoms with E-state index in [-0.39, 0.29) is 24.5 Å². The van der Waals surface area contributed by atoms with Crippen molar-refractivity contribution in [2.24, 2.45) is 0 Å². The second-order valence-corrected chi connectivity index (χ2v) is 6.22. The van der Waals surface area contributed by atoms with Gasteiger partial charge in [0.25, 0.3) is 0 Å². The molecule has 1 unspecified atom stereocenters. The molecule has 2 heterocycles. The second kappa shape index (κ2) is 7.83. The SMILES string of the molecule is CC(CN1CCCC1=O)NC(=O)NCc1cc(-c2ccccc2)no1. The van der Waals surface area contributed by atoms with Crippen LogP contribution in [0.3, 0.4) is 0 Å². The summed E-state index contributed by atoms with van der Waals surface area (Å²) in [6.07, 6.45) is 1.50. The van der Waals surface area contributed by atoms with Crippen molar-refractivity contribution in [3.8, 4) is 11.3 Å². The van der Waals surface area contributed by atoms with Crippen molar-refractivity contribution in [3.63, 3.8) is 0 Å². The van der Waals surface area contributed by atoms with Crippen molar-refractivity contribution >= 4 is 11.9 Å². The first kappa shape index (κ1) is 17.0. The number of aromatic nitrogens is 1. The van der Waals surface area contributed by atoms with E-state index in [2.05, 4.69) is 15.8 Å². The topological polar surface area (TPSA) is 87.5 Å². The van der Waals surface area contributed by atoms with E-state index in [0.29, 0.717) is 18.7 Å². The molecule has 1 aromatic heterocycles. The first-order chi connectivity index (χ1) is 12.1. The Balaban J connectivity index is 1.44. The first-order valence-corrected chi connectivity index (χ1v) is 8.45. The van der Waals surface area contributed by atoms with Crippen molar-refractivity contribution in [1.29, 1.82) is 0 Å². The highest BCUT2D eigenvalue weighted by Crippen LogP contribution is 2.18. The quantitative estimate of drug-likeness (QED) is 0.842. The lowest BCUT2D eigenvalue weighted by Gasteiger charge is -2.21. The Morgan fingerprint density at radius 2 is 2.16 bits per heavy atom. The van der Waals surface area contributed by atoms with Crippen LogP contribution in [0.25, 0.3) is 11.3 Å². The second-order valence-electron chi connectivity index (χ2n) is 6.22. The number of urea groups is 1. The van der Waals surface area contributed by atoms with Gasteiger partial charge in [0.2, 0.25) is 5.91 Å². The smallest absolute Gasteiger partial charge is 0.315 e. The highest BCUT2D eigenvalue weighted by Gasteiger charge is 2.22. The molecule has 1 saturated heterocycles. The maximum absolute atomic E-state index is 12.0. The van der Waals surface area contributed by atoms with Crippen LogP contribution in [0.5, 0.6) is 0 Å². The fourth-order valence-corrected chi connectivity index (χ4v) is 2.86. The Morgan fingerprint density at radius 1 is 1.36 bits per heavy atom. The number of carbonyl (C=O) groups excluding carboxylic acids is 2. The van der Waals surface area contributed by atoms with E-state index in [4.69, 9.17) is 4.52 Å². The molecule has 132 valence electrons. The Bertz CT molecular complexity index is 729. The molecule has 0 radical (unpaired) electrons.